The van der Waals surface area contributed by atoms with Crippen LogP contribution in [0.15, 0.2) is 53.3 Å². The summed E-state index contributed by atoms with van der Waals surface area (Å²) in [5.41, 5.74) is 0.845. The van der Waals surface area contributed by atoms with E-state index in [0.29, 0.717) is 11.1 Å². The van der Waals surface area contributed by atoms with E-state index in [0.717, 1.165) is 4.26 Å². The molecule has 1 fully saturated rings. The summed E-state index contributed by atoms with van der Waals surface area (Å²) in [6, 6.07) is 13.8. The molecule has 0 aliphatic carbocycles. The van der Waals surface area contributed by atoms with Gasteiger partial charge in [-0.2, -0.15) is 0 Å². The Balaban J connectivity index is 1.52. The number of carbonyl (C=O) groups excluding carboxylic acids is 1. The number of carbonyl (C=O) groups is 1. The molecule has 5 atom stereocenters. The molecule has 30 heavy (non-hydrogen) atoms. The van der Waals surface area contributed by atoms with Crippen molar-refractivity contribution in [1.29, 1.82) is 0 Å². The molecular weight excluding hydrogens is 459 g/mol. The standard InChI is InChI=1S/C20H20N2O7Se/c23-9-13-15(24)16(25)17(26)19(29-13)21-18(27)10-5-7-11(8-6-10)22-20(28)12-3-1-2-4-14(12)30-22/h1-8,13,15-17,19,23-26H,9H2,(H,21,27)/t13-,15-,16+,17-,19-/m1/s1. The van der Waals surface area contributed by atoms with E-state index < -0.39 is 43.2 Å². The Labute approximate surface area is 176 Å². The number of amides is 1. The third kappa shape index (κ3) is 3.75. The number of nitrogens with one attached hydrogen (secondary N) is 1. The van der Waals surface area contributed by atoms with Crippen LogP contribution in [0.5, 0.6) is 0 Å². The molecule has 2 aromatic carbocycles. The summed E-state index contributed by atoms with van der Waals surface area (Å²) in [5.74, 6) is -0.576. The van der Waals surface area contributed by atoms with Crippen molar-refractivity contribution in [2.45, 2.75) is 30.6 Å². The Morgan fingerprint density at radius 1 is 1.03 bits per heavy atom. The molecule has 0 saturated carbocycles. The van der Waals surface area contributed by atoms with Gasteiger partial charge in [-0.1, -0.05) is 0 Å². The van der Waals surface area contributed by atoms with Crippen molar-refractivity contribution >= 4 is 30.3 Å². The fraction of sp³-hybridized carbons (Fsp3) is 0.300. The van der Waals surface area contributed by atoms with Gasteiger partial charge in [0.2, 0.25) is 0 Å². The summed E-state index contributed by atoms with van der Waals surface area (Å²) in [4.78, 5) is 25.1. The summed E-state index contributed by atoms with van der Waals surface area (Å²) in [5, 5.41) is 42.0. The van der Waals surface area contributed by atoms with Crippen molar-refractivity contribution in [3.63, 3.8) is 0 Å². The quantitative estimate of drug-likeness (QED) is 0.289. The second-order valence-corrected chi connectivity index (χ2v) is 9.03. The first-order chi connectivity index (χ1) is 14.4. The predicted molar refractivity (Wildman–Crippen MR) is 108 cm³/mol. The van der Waals surface area contributed by atoms with Crippen LogP contribution in [0.25, 0.3) is 15.3 Å². The van der Waals surface area contributed by atoms with Crippen molar-refractivity contribution < 1.29 is 30.0 Å². The normalized spacial score (nSPS) is 26.6. The van der Waals surface area contributed by atoms with Crippen LogP contribution < -0.4 is 10.9 Å². The number of aromatic nitrogens is 1. The average molecular weight is 479 g/mol. The van der Waals surface area contributed by atoms with E-state index in [1.54, 1.807) is 33.9 Å². The van der Waals surface area contributed by atoms with Crippen molar-refractivity contribution in [3.8, 4) is 5.69 Å². The van der Waals surface area contributed by atoms with E-state index >= 15 is 0 Å². The molecule has 0 spiro atoms. The van der Waals surface area contributed by atoms with Crippen LogP contribution in [0.1, 0.15) is 10.4 Å². The van der Waals surface area contributed by atoms with Crippen molar-refractivity contribution in [2.24, 2.45) is 0 Å². The van der Waals surface area contributed by atoms with Crippen LogP contribution in [0.3, 0.4) is 0 Å². The number of aliphatic hydroxyl groups excluding tert-OH is 4. The van der Waals surface area contributed by atoms with Gasteiger partial charge in [-0.05, 0) is 0 Å². The predicted octanol–water partition coefficient (Wildman–Crippen LogP) is -1.42. The first-order valence-corrected chi connectivity index (χ1v) is 10.9. The summed E-state index contributed by atoms with van der Waals surface area (Å²) < 4.78 is 7.96. The molecule has 3 aromatic rings. The van der Waals surface area contributed by atoms with Crippen molar-refractivity contribution in [1.82, 2.24) is 8.88 Å². The molecule has 5 N–H and O–H groups in total. The number of hydrogen-bond donors (Lipinski definition) is 5. The van der Waals surface area contributed by atoms with E-state index in [1.807, 2.05) is 18.2 Å². The Bertz CT molecular complexity index is 1110. The Morgan fingerprint density at radius 2 is 1.73 bits per heavy atom. The van der Waals surface area contributed by atoms with Gasteiger partial charge in [0.15, 0.2) is 0 Å². The van der Waals surface area contributed by atoms with Gasteiger partial charge in [0.25, 0.3) is 0 Å². The van der Waals surface area contributed by atoms with Crippen LogP contribution in [-0.4, -0.2) is 81.9 Å². The van der Waals surface area contributed by atoms with E-state index in [4.69, 9.17) is 4.74 Å². The molecule has 1 aliphatic rings. The number of nitrogens with zero attached hydrogens (tertiary/aromatic N) is 1. The number of fused-ring (bicyclic) bond motifs is 1. The number of hydrogen-bond acceptors (Lipinski definition) is 7. The Hall–Kier alpha value is -2.30. The molecular formula is C20H20N2O7Se. The molecule has 0 unspecified atom stereocenters. The van der Waals surface area contributed by atoms with Gasteiger partial charge in [0.1, 0.15) is 0 Å². The Kier molecular flexibility index (Phi) is 5.90. The van der Waals surface area contributed by atoms with E-state index in [2.05, 4.69) is 5.32 Å². The third-order valence-corrected chi connectivity index (χ3v) is 7.35. The van der Waals surface area contributed by atoms with Gasteiger partial charge in [0.05, 0.1) is 0 Å². The second-order valence-electron chi connectivity index (χ2n) is 6.96. The van der Waals surface area contributed by atoms with Gasteiger partial charge in [0, 0.05) is 0 Å². The molecule has 10 heteroatoms. The molecule has 1 amide bonds. The minimum absolute atomic E-state index is 0.0795. The second kappa shape index (κ2) is 8.44. The van der Waals surface area contributed by atoms with Gasteiger partial charge >= 0.3 is 177 Å². The SMILES string of the molecule is O=C(N[C@@H]1O[C@H](CO)[C@@H](O)[C@H](O)[C@H]1O)c1ccc(-n2[se]c3ccccc3c2=O)cc1. The molecule has 1 saturated heterocycles. The van der Waals surface area contributed by atoms with Crippen LogP contribution in [0.4, 0.5) is 0 Å². The van der Waals surface area contributed by atoms with Crippen LogP contribution >= 0.6 is 0 Å². The molecule has 1 aromatic heterocycles. The molecule has 158 valence electrons. The molecule has 2 heterocycles. The zero-order valence-electron chi connectivity index (χ0n) is 15.6. The monoisotopic (exact) mass is 480 g/mol. The molecule has 4 rings (SSSR count). The topological polar surface area (TPSA) is 141 Å². The first-order valence-electron chi connectivity index (χ1n) is 9.23. The molecule has 0 radical (unpaired) electrons. The number of benzene rings is 2. The molecule has 9 nitrogen and oxygen atoms in total. The van der Waals surface area contributed by atoms with E-state index in [1.165, 1.54) is 0 Å². The third-order valence-electron chi connectivity index (χ3n) is 5.02. The van der Waals surface area contributed by atoms with Gasteiger partial charge in [-0.3, -0.25) is 0 Å². The first kappa shape index (κ1) is 21.0. The van der Waals surface area contributed by atoms with Gasteiger partial charge < -0.3 is 0 Å². The maximum absolute atomic E-state index is 12.6. The van der Waals surface area contributed by atoms with Crippen molar-refractivity contribution in [2.75, 3.05) is 6.61 Å². The number of rotatable bonds is 4. The van der Waals surface area contributed by atoms with Crippen LogP contribution in [-0.2, 0) is 4.74 Å². The van der Waals surface area contributed by atoms with E-state index in [9.17, 15) is 30.0 Å². The van der Waals surface area contributed by atoms with Crippen molar-refractivity contribution in [3.05, 3.63) is 64.4 Å². The number of ether oxygens (including phenoxy) is 1. The van der Waals surface area contributed by atoms with Gasteiger partial charge in [-0.25, -0.2) is 0 Å². The fourth-order valence-electron chi connectivity index (χ4n) is 3.32. The summed E-state index contributed by atoms with van der Waals surface area (Å²) in [7, 11) is 0. The fourth-order valence-corrected chi connectivity index (χ4v) is 5.42. The van der Waals surface area contributed by atoms with E-state index in [-0.39, 0.29) is 25.9 Å². The zero-order valence-corrected chi connectivity index (χ0v) is 17.3. The maximum atomic E-state index is 12.6. The molecule has 1 aliphatic heterocycles. The van der Waals surface area contributed by atoms with Crippen LogP contribution in [0.2, 0.25) is 0 Å². The summed E-state index contributed by atoms with van der Waals surface area (Å²) >= 11 is -0.187. The number of aliphatic hydroxyl groups is 4. The average Bonchev–Trinajstić information content (AvgIpc) is 3.11. The van der Waals surface area contributed by atoms with Crippen LogP contribution in [0, 0.1) is 0 Å². The Morgan fingerprint density at radius 3 is 2.40 bits per heavy atom. The van der Waals surface area contributed by atoms with Gasteiger partial charge in [-0.15, -0.1) is 0 Å². The summed E-state index contributed by atoms with van der Waals surface area (Å²) in [6.45, 7) is -0.583. The zero-order chi connectivity index (χ0) is 21.4. The summed E-state index contributed by atoms with van der Waals surface area (Å²) in [6.07, 6.45) is -7.05. The molecule has 0 bridgehead atoms. The minimum atomic E-state index is -1.58.